The third-order valence-corrected chi connectivity index (χ3v) is 4.43. The van der Waals surface area contributed by atoms with Gasteiger partial charge in [-0.05, 0) is 37.3 Å². The summed E-state index contributed by atoms with van der Waals surface area (Å²) in [5.41, 5.74) is 4.82. The molecule has 0 saturated carbocycles. The van der Waals surface area contributed by atoms with Crippen molar-refractivity contribution < 1.29 is 0 Å². The van der Waals surface area contributed by atoms with Gasteiger partial charge in [-0.1, -0.05) is 30.7 Å². The van der Waals surface area contributed by atoms with Crippen molar-refractivity contribution in [3.8, 4) is 0 Å². The first-order valence-corrected chi connectivity index (χ1v) is 8.36. The Labute approximate surface area is 135 Å². The standard InChI is InChI=1S/C15H21ClN4S/c1-4-21-12-7-5-11(6-8-12)14(19-17)15-13(16)9-18-20(15)10(2)3/h5-10,14,19H,4,17H2,1-3H3. The summed E-state index contributed by atoms with van der Waals surface area (Å²) in [5, 5.41) is 4.97. The molecule has 0 aliphatic heterocycles. The topological polar surface area (TPSA) is 55.9 Å². The van der Waals surface area contributed by atoms with Crippen molar-refractivity contribution in [1.82, 2.24) is 15.2 Å². The quantitative estimate of drug-likeness (QED) is 0.482. The number of halogens is 1. The molecule has 6 heteroatoms. The van der Waals surface area contributed by atoms with Crippen molar-refractivity contribution in [2.75, 3.05) is 5.75 Å². The minimum Gasteiger partial charge on any atom is -0.271 e. The molecule has 1 heterocycles. The van der Waals surface area contributed by atoms with Crippen LogP contribution in [-0.2, 0) is 0 Å². The summed E-state index contributed by atoms with van der Waals surface area (Å²) in [4.78, 5) is 1.25. The van der Waals surface area contributed by atoms with Gasteiger partial charge in [-0.2, -0.15) is 5.10 Å². The Morgan fingerprint density at radius 3 is 2.52 bits per heavy atom. The molecule has 0 amide bonds. The first-order valence-electron chi connectivity index (χ1n) is 7.00. The maximum absolute atomic E-state index is 6.31. The van der Waals surface area contributed by atoms with Crippen LogP contribution >= 0.6 is 23.4 Å². The molecule has 0 aliphatic carbocycles. The van der Waals surface area contributed by atoms with E-state index in [0.29, 0.717) is 5.02 Å². The summed E-state index contributed by atoms with van der Waals surface area (Å²) in [6.07, 6.45) is 1.67. The lowest BCUT2D eigenvalue weighted by molar-refractivity contribution is 0.476. The second kappa shape index (κ2) is 7.31. The highest BCUT2D eigenvalue weighted by Gasteiger charge is 2.22. The van der Waals surface area contributed by atoms with Crippen LogP contribution in [-0.4, -0.2) is 15.5 Å². The Morgan fingerprint density at radius 1 is 1.33 bits per heavy atom. The van der Waals surface area contributed by atoms with Gasteiger partial charge in [-0.25, -0.2) is 5.43 Å². The van der Waals surface area contributed by atoms with Crippen LogP contribution in [0.2, 0.25) is 5.02 Å². The zero-order valence-electron chi connectivity index (χ0n) is 12.5. The molecule has 0 bridgehead atoms. The van der Waals surface area contributed by atoms with Crippen LogP contribution in [0.15, 0.2) is 35.4 Å². The van der Waals surface area contributed by atoms with Gasteiger partial charge in [0.15, 0.2) is 0 Å². The van der Waals surface area contributed by atoms with Crippen LogP contribution in [0, 0.1) is 0 Å². The molecule has 0 spiro atoms. The SMILES string of the molecule is CCSc1ccc(C(NN)c2c(Cl)cnn2C(C)C)cc1. The Morgan fingerprint density at radius 2 is 2.00 bits per heavy atom. The second-order valence-corrected chi connectivity index (χ2v) is 6.76. The maximum atomic E-state index is 6.31. The first kappa shape index (κ1) is 16.4. The number of hydrogen-bond acceptors (Lipinski definition) is 4. The third-order valence-electron chi connectivity index (χ3n) is 3.24. The third kappa shape index (κ3) is 3.61. The summed E-state index contributed by atoms with van der Waals surface area (Å²) < 4.78 is 1.90. The van der Waals surface area contributed by atoms with E-state index in [1.54, 1.807) is 6.20 Å². The number of nitrogens with two attached hydrogens (primary N) is 1. The van der Waals surface area contributed by atoms with E-state index < -0.39 is 0 Å². The fourth-order valence-corrected chi connectivity index (χ4v) is 3.19. The fraction of sp³-hybridized carbons (Fsp3) is 0.400. The van der Waals surface area contributed by atoms with Gasteiger partial charge in [0.2, 0.25) is 0 Å². The molecule has 1 atom stereocenters. The Bertz CT molecular complexity index is 580. The average Bonchev–Trinajstić information content (AvgIpc) is 2.84. The molecular formula is C15H21ClN4S. The van der Waals surface area contributed by atoms with E-state index in [1.807, 2.05) is 16.4 Å². The highest BCUT2D eigenvalue weighted by molar-refractivity contribution is 7.99. The number of benzene rings is 1. The molecule has 114 valence electrons. The number of aromatic nitrogens is 2. The minimum absolute atomic E-state index is 0.178. The lowest BCUT2D eigenvalue weighted by atomic mass is 10.0. The highest BCUT2D eigenvalue weighted by Crippen LogP contribution is 2.30. The molecule has 2 rings (SSSR count). The smallest absolute Gasteiger partial charge is 0.0893 e. The number of hydrogen-bond donors (Lipinski definition) is 2. The summed E-state index contributed by atoms with van der Waals surface area (Å²) in [6.45, 7) is 6.28. The lowest BCUT2D eigenvalue weighted by Crippen LogP contribution is -2.31. The van der Waals surface area contributed by atoms with E-state index in [9.17, 15) is 0 Å². The molecule has 0 aliphatic rings. The predicted molar refractivity (Wildman–Crippen MR) is 89.6 cm³/mol. The molecule has 21 heavy (non-hydrogen) atoms. The van der Waals surface area contributed by atoms with Crippen molar-refractivity contribution in [1.29, 1.82) is 0 Å². The molecule has 1 unspecified atom stereocenters. The number of thioether (sulfide) groups is 1. The van der Waals surface area contributed by atoms with Crippen molar-refractivity contribution >= 4 is 23.4 Å². The van der Waals surface area contributed by atoms with Gasteiger partial charge in [0.05, 0.1) is 23.0 Å². The van der Waals surface area contributed by atoms with E-state index in [0.717, 1.165) is 17.0 Å². The lowest BCUT2D eigenvalue weighted by Gasteiger charge is -2.21. The number of hydrazine groups is 1. The van der Waals surface area contributed by atoms with Crippen molar-refractivity contribution in [3.63, 3.8) is 0 Å². The number of nitrogens with one attached hydrogen (secondary N) is 1. The highest BCUT2D eigenvalue weighted by atomic mass is 35.5. The van der Waals surface area contributed by atoms with E-state index in [4.69, 9.17) is 17.4 Å². The van der Waals surface area contributed by atoms with Gasteiger partial charge in [-0.15, -0.1) is 11.8 Å². The van der Waals surface area contributed by atoms with Crippen LogP contribution in [0.4, 0.5) is 0 Å². The molecule has 4 nitrogen and oxygen atoms in total. The Balaban J connectivity index is 2.37. The van der Waals surface area contributed by atoms with Crippen LogP contribution in [0.25, 0.3) is 0 Å². The van der Waals surface area contributed by atoms with Gasteiger partial charge in [0.25, 0.3) is 0 Å². The number of rotatable bonds is 6. The summed E-state index contributed by atoms with van der Waals surface area (Å²) in [5.74, 6) is 6.84. The minimum atomic E-state index is -0.178. The van der Waals surface area contributed by atoms with Gasteiger partial charge >= 0.3 is 0 Å². The van der Waals surface area contributed by atoms with Gasteiger partial charge in [0.1, 0.15) is 0 Å². The predicted octanol–water partition coefficient (Wildman–Crippen LogP) is 3.78. The van der Waals surface area contributed by atoms with Crippen LogP contribution < -0.4 is 11.3 Å². The maximum Gasteiger partial charge on any atom is 0.0893 e. The van der Waals surface area contributed by atoms with E-state index in [1.165, 1.54) is 4.90 Å². The van der Waals surface area contributed by atoms with E-state index >= 15 is 0 Å². The van der Waals surface area contributed by atoms with Crippen molar-refractivity contribution in [2.45, 2.75) is 37.8 Å². The van der Waals surface area contributed by atoms with Crippen LogP contribution in [0.3, 0.4) is 0 Å². The normalized spacial score (nSPS) is 12.9. The molecule has 3 N–H and O–H groups in total. The molecule has 0 saturated heterocycles. The average molecular weight is 325 g/mol. The largest absolute Gasteiger partial charge is 0.271 e. The van der Waals surface area contributed by atoms with Gasteiger partial charge in [-0.3, -0.25) is 10.5 Å². The zero-order valence-corrected chi connectivity index (χ0v) is 14.1. The van der Waals surface area contributed by atoms with Crippen LogP contribution in [0.5, 0.6) is 0 Å². The molecular weight excluding hydrogens is 304 g/mol. The van der Waals surface area contributed by atoms with Crippen molar-refractivity contribution in [3.05, 3.63) is 46.7 Å². The molecule has 0 fully saturated rings. The van der Waals surface area contributed by atoms with E-state index in [2.05, 4.69) is 55.6 Å². The van der Waals surface area contributed by atoms with Gasteiger partial charge in [0, 0.05) is 10.9 Å². The van der Waals surface area contributed by atoms with Crippen LogP contribution in [0.1, 0.15) is 44.1 Å². The Kier molecular flexibility index (Phi) is 5.70. The molecule has 1 aromatic carbocycles. The number of nitrogens with zero attached hydrogens (tertiary/aromatic N) is 2. The first-order chi connectivity index (χ1) is 10.1. The van der Waals surface area contributed by atoms with Gasteiger partial charge < -0.3 is 0 Å². The van der Waals surface area contributed by atoms with E-state index in [-0.39, 0.29) is 12.1 Å². The zero-order chi connectivity index (χ0) is 15.4. The molecule has 2 aromatic rings. The summed E-state index contributed by atoms with van der Waals surface area (Å²) >= 11 is 8.13. The fourth-order valence-electron chi connectivity index (χ4n) is 2.29. The Hall–Kier alpha value is -1.01. The second-order valence-electron chi connectivity index (χ2n) is 5.02. The van der Waals surface area contributed by atoms with Crippen molar-refractivity contribution in [2.24, 2.45) is 5.84 Å². The summed E-state index contributed by atoms with van der Waals surface area (Å²) in [6, 6.07) is 8.42. The molecule has 1 aromatic heterocycles. The molecule has 0 radical (unpaired) electrons. The summed E-state index contributed by atoms with van der Waals surface area (Å²) in [7, 11) is 0. The monoisotopic (exact) mass is 324 g/mol.